The maximum Gasteiger partial charge on any atom is 0.338 e. The molecule has 160 valence electrons. The third-order valence-electron chi connectivity index (χ3n) is 5.08. The first-order valence-electron chi connectivity index (χ1n) is 9.72. The molecule has 0 saturated carbocycles. The van der Waals surface area contributed by atoms with Gasteiger partial charge in [0.25, 0.3) is 5.89 Å². The van der Waals surface area contributed by atoms with Gasteiger partial charge < -0.3 is 19.1 Å². The summed E-state index contributed by atoms with van der Waals surface area (Å²) >= 11 is 0. The fraction of sp³-hybridized carbons (Fsp3) is 0.174. The first-order valence-corrected chi connectivity index (χ1v) is 9.72. The van der Waals surface area contributed by atoms with Crippen LogP contribution in [0.1, 0.15) is 16.2 Å². The molecule has 0 N–H and O–H groups in total. The van der Waals surface area contributed by atoms with Gasteiger partial charge >= 0.3 is 5.97 Å². The molecule has 0 saturated heterocycles. The van der Waals surface area contributed by atoms with Crippen molar-refractivity contribution in [3.63, 3.8) is 0 Å². The van der Waals surface area contributed by atoms with Crippen LogP contribution in [0.4, 0.5) is 11.4 Å². The average Bonchev–Trinajstić information content (AvgIpc) is 3.35. The van der Waals surface area contributed by atoms with Crippen LogP contribution in [0.5, 0.6) is 0 Å². The van der Waals surface area contributed by atoms with Crippen molar-refractivity contribution < 1.29 is 18.8 Å². The van der Waals surface area contributed by atoms with E-state index in [0.29, 0.717) is 23.1 Å². The topological polar surface area (TPSA) is 113 Å². The predicted molar refractivity (Wildman–Crippen MR) is 116 cm³/mol. The van der Waals surface area contributed by atoms with E-state index in [4.69, 9.17) is 9.26 Å². The van der Waals surface area contributed by atoms with Gasteiger partial charge in [-0.25, -0.2) is 4.79 Å². The molecule has 0 aliphatic carbocycles. The Hall–Kier alpha value is -4.45. The minimum Gasteiger partial charge on any atom is -0.454 e. The molecule has 0 radical (unpaired) electrons. The van der Waals surface area contributed by atoms with Gasteiger partial charge in [-0.1, -0.05) is 17.3 Å². The molecule has 0 atom stereocenters. The van der Waals surface area contributed by atoms with Gasteiger partial charge in [-0.2, -0.15) is 10.2 Å². The highest BCUT2D eigenvalue weighted by Crippen LogP contribution is 2.40. The summed E-state index contributed by atoms with van der Waals surface area (Å²) in [5.41, 5.74) is 2.58. The van der Waals surface area contributed by atoms with Crippen LogP contribution in [0.25, 0.3) is 11.5 Å². The van der Waals surface area contributed by atoms with Gasteiger partial charge in [-0.05, 0) is 43.3 Å². The molecule has 0 spiro atoms. The number of rotatable bonds is 5. The molecule has 4 rings (SSSR count). The number of aryl methyl sites for hydroxylation is 1. The summed E-state index contributed by atoms with van der Waals surface area (Å²) in [6, 6.07) is 15.9. The van der Waals surface area contributed by atoms with Crippen LogP contribution in [0.3, 0.4) is 0 Å². The van der Waals surface area contributed by atoms with E-state index in [-0.39, 0.29) is 11.1 Å². The number of carbonyl (C=O) groups is 2. The van der Waals surface area contributed by atoms with Crippen LogP contribution >= 0.6 is 0 Å². The van der Waals surface area contributed by atoms with Crippen molar-refractivity contribution in [2.75, 3.05) is 30.5 Å². The number of nitrogens with zero attached hydrogens (tertiary/aromatic N) is 5. The molecule has 32 heavy (non-hydrogen) atoms. The maximum atomic E-state index is 12.7. The number of benzene rings is 2. The number of esters is 1. The van der Waals surface area contributed by atoms with E-state index in [0.717, 1.165) is 11.4 Å². The lowest BCUT2D eigenvalue weighted by Gasteiger charge is -2.19. The van der Waals surface area contributed by atoms with Gasteiger partial charge in [0.15, 0.2) is 12.4 Å². The number of hydrogen-bond donors (Lipinski definition) is 0. The Morgan fingerprint density at radius 2 is 1.69 bits per heavy atom. The van der Waals surface area contributed by atoms with Gasteiger partial charge in [0.1, 0.15) is 17.5 Å². The number of carbonyl (C=O) groups excluding carboxylic acids is 2. The molecule has 1 aromatic heterocycles. The summed E-state index contributed by atoms with van der Waals surface area (Å²) in [7, 11) is 3.56. The van der Waals surface area contributed by atoms with E-state index >= 15 is 0 Å². The largest absolute Gasteiger partial charge is 0.454 e. The summed E-state index contributed by atoms with van der Waals surface area (Å²) in [5.74, 6) is 0.0272. The van der Waals surface area contributed by atoms with Gasteiger partial charge in [-0.3, -0.25) is 4.79 Å². The summed E-state index contributed by atoms with van der Waals surface area (Å²) < 4.78 is 10.3. The lowest BCUT2D eigenvalue weighted by molar-refractivity contribution is -0.118. The van der Waals surface area contributed by atoms with E-state index in [2.05, 4.69) is 10.1 Å². The highest BCUT2D eigenvalue weighted by atomic mass is 16.5. The van der Waals surface area contributed by atoms with E-state index in [1.54, 1.807) is 55.1 Å². The number of aromatic nitrogens is 2. The molecule has 3 aromatic rings. The van der Waals surface area contributed by atoms with Gasteiger partial charge in [0.2, 0.25) is 5.78 Å². The van der Waals surface area contributed by atoms with Crippen molar-refractivity contribution in [1.29, 1.82) is 5.26 Å². The van der Waals surface area contributed by atoms with Crippen LogP contribution in [0.2, 0.25) is 0 Å². The predicted octanol–water partition coefficient (Wildman–Crippen LogP) is 3.09. The molecule has 0 amide bonds. The lowest BCUT2D eigenvalue weighted by Crippen LogP contribution is -2.27. The van der Waals surface area contributed by atoms with Crippen LogP contribution in [-0.4, -0.2) is 42.6 Å². The number of Topliss-reactive ketones (excluding diaryl/α,β-unsaturated/α-hetero) is 1. The Balaban J connectivity index is 1.46. The van der Waals surface area contributed by atoms with Crippen molar-refractivity contribution >= 4 is 23.1 Å². The van der Waals surface area contributed by atoms with Gasteiger partial charge in [-0.15, -0.1) is 0 Å². The third-order valence-corrected chi connectivity index (χ3v) is 5.08. The number of hydrogen-bond acceptors (Lipinski definition) is 9. The highest BCUT2D eigenvalue weighted by Gasteiger charge is 2.31. The minimum atomic E-state index is -0.676. The second-order valence-electron chi connectivity index (χ2n) is 7.14. The molecule has 2 heterocycles. The number of ether oxygens (including phenoxy) is 1. The minimum absolute atomic E-state index is 0.0823. The molecule has 0 bridgehead atoms. The normalized spacial score (nSPS) is 12.4. The summed E-state index contributed by atoms with van der Waals surface area (Å²) in [4.78, 5) is 32.8. The zero-order valence-corrected chi connectivity index (χ0v) is 17.7. The molecule has 1 aliphatic rings. The molecule has 2 aromatic carbocycles. The zero-order chi connectivity index (χ0) is 22.8. The van der Waals surface area contributed by atoms with Crippen molar-refractivity contribution in [3.8, 4) is 17.5 Å². The lowest BCUT2D eigenvalue weighted by atomic mass is 10.1. The molecular weight excluding hydrogens is 410 g/mol. The molecule has 9 heteroatoms. The van der Waals surface area contributed by atoms with Crippen LogP contribution in [-0.2, 0) is 9.53 Å². The Bertz CT molecular complexity index is 1240. The highest BCUT2D eigenvalue weighted by molar-refractivity contribution is 6.04. The number of anilines is 2. The summed E-state index contributed by atoms with van der Waals surface area (Å²) in [6.07, 6.45) is 0. The molecule has 0 fully saturated rings. The van der Waals surface area contributed by atoms with Crippen LogP contribution < -0.4 is 9.80 Å². The smallest absolute Gasteiger partial charge is 0.338 e. The van der Waals surface area contributed by atoms with Crippen molar-refractivity contribution in [2.45, 2.75) is 6.92 Å². The quantitative estimate of drug-likeness (QED) is 0.343. The first kappa shape index (κ1) is 20.8. The van der Waals surface area contributed by atoms with E-state index < -0.39 is 18.4 Å². The third kappa shape index (κ3) is 3.70. The van der Waals surface area contributed by atoms with Gasteiger partial charge in [0.05, 0.1) is 16.9 Å². The fourth-order valence-electron chi connectivity index (χ4n) is 3.51. The Morgan fingerprint density at radius 1 is 1.06 bits per heavy atom. The monoisotopic (exact) mass is 429 g/mol. The SMILES string of the molecule is Cc1noc(-c2ccc(C(=O)OCC(=O)C(C#N)=C3N(C)c4ccccc4N3C)cc2)n1. The molecule has 0 unspecified atom stereocenters. The standard InChI is InChI=1S/C23H19N5O4/c1-14-25-21(32-26-14)15-8-10-16(11-9-15)23(30)31-13-20(29)17(12-24)22-27(2)18-6-4-5-7-19(18)28(22)3/h4-11H,13H2,1-3H3. The van der Waals surface area contributed by atoms with E-state index in [1.807, 2.05) is 30.3 Å². The number of nitriles is 1. The average molecular weight is 429 g/mol. The molecule has 1 aliphatic heterocycles. The van der Waals surface area contributed by atoms with Crippen molar-refractivity contribution in [1.82, 2.24) is 10.1 Å². The number of para-hydroxylation sites is 2. The Kier molecular flexibility index (Phi) is 5.43. The van der Waals surface area contributed by atoms with Crippen LogP contribution in [0, 0.1) is 18.3 Å². The number of ketones is 1. The second-order valence-corrected chi connectivity index (χ2v) is 7.14. The fourth-order valence-corrected chi connectivity index (χ4v) is 3.51. The van der Waals surface area contributed by atoms with Gasteiger partial charge in [0, 0.05) is 19.7 Å². The number of fused-ring (bicyclic) bond motifs is 1. The van der Waals surface area contributed by atoms with Crippen molar-refractivity contribution in [2.24, 2.45) is 0 Å². The first-order chi connectivity index (χ1) is 15.4. The zero-order valence-electron chi connectivity index (χ0n) is 17.7. The molecule has 9 nitrogen and oxygen atoms in total. The van der Waals surface area contributed by atoms with Crippen molar-refractivity contribution in [3.05, 3.63) is 71.3 Å². The Morgan fingerprint density at radius 3 is 2.22 bits per heavy atom. The van der Waals surface area contributed by atoms with Crippen LogP contribution in [0.15, 0.2) is 64.4 Å². The maximum absolute atomic E-state index is 12.7. The van der Waals surface area contributed by atoms with E-state index in [9.17, 15) is 14.9 Å². The second kappa shape index (κ2) is 8.35. The summed E-state index contributed by atoms with van der Waals surface area (Å²) in [5, 5.41) is 13.4. The summed E-state index contributed by atoms with van der Waals surface area (Å²) in [6.45, 7) is 1.16. The Labute approximate surface area is 184 Å². The van der Waals surface area contributed by atoms with E-state index in [1.165, 1.54) is 0 Å². The molecular formula is C23H19N5O4.